The van der Waals surface area contributed by atoms with E-state index < -0.39 is 0 Å². The maximum Gasteiger partial charge on any atom is 0.256 e. The number of oxazole rings is 1. The van der Waals surface area contributed by atoms with Gasteiger partial charge in [-0.15, -0.1) is 11.3 Å². The lowest BCUT2D eigenvalue weighted by Crippen LogP contribution is -2.11. The van der Waals surface area contributed by atoms with E-state index in [-0.39, 0.29) is 11.0 Å². The molecule has 0 aliphatic rings. The second-order valence-corrected chi connectivity index (χ2v) is 6.03. The van der Waals surface area contributed by atoms with Crippen LogP contribution in [0.5, 0.6) is 0 Å². The van der Waals surface area contributed by atoms with Crippen molar-refractivity contribution in [1.29, 1.82) is 0 Å². The fraction of sp³-hybridized carbons (Fsp3) is 0.200. The van der Waals surface area contributed by atoms with Crippen LogP contribution in [0.1, 0.15) is 16.6 Å². The highest BCUT2D eigenvalue weighted by molar-refractivity contribution is 8.00. The molecule has 0 aliphatic carbocycles. The summed E-state index contributed by atoms with van der Waals surface area (Å²) in [5.41, 5.74) is 0. The van der Waals surface area contributed by atoms with E-state index in [0.29, 0.717) is 14.4 Å². The van der Waals surface area contributed by atoms with Crippen LogP contribution in [0.4, 0.5) is 0 Å². The fourth-order valence-corrected chi connectivity index (χ4v) is 3.04. The molecule has 0 saturated carbocycles. The molecule has 0 radical (unpaired) electrons. The van der Waals surface area contributed by atoms with Gasteiger partial charge in [-0.2, -0.15) is 0 Å². The van der Waals surface area contributed by atoms with Crippen LogP contribution in [0, 0.1) is 0 Å². The molecule has 2 aromatic rings. The molecule has 6 heteroatoms. The molecule has 0 spiro atoms. The molecule has 2 rings (SSSR count). The highest BCUT2D eigenvalue weighted by atomic mass is 35.5. The van der Waals surface area contributed by atoms with Crippen LogP contribution in [0.25, 0.3) is 0 Å². The molecular weight excluding hydrogens is 266 g/mol. The number of carbonyl (C=O) groups is 1. The number of thiophene rings is 1. The Bertz CT molecular complexity index is 481. The molecule has 0 bridgehead atoms. The molecule has 0 saturated heterocycles. The van der Waals surface area contributed by atoms with Gasteiger partial charge in [-0.1, -0.05) is 23.4 Å². The minimum absolute atomic E-state index is 0.0418. The first-order valence-electron chi connectivity index (χ1n) is 4.52. The number of ketones is 1. The second kappa shape index (κ2) is 5.03. The maximum atomic E-state index is 11.9. The third-order valence-corrected chi connectivity index (χ3v) is 4.09. The zero-order chi connectivity index (χ0) is 11.5. The van der Waals surface area contributed by atoms with E-state index in [9.17, 15) is 4.79 Å². The first-order valence-corrected chi connectivity index (χ1v) is 6.60. The van der Waals surface area contributed by atoms with Gasteiger partial charge < -0.3 is 4.42 Å². The van der Waals surface area contributed by atoms with Gasteiger partial charge in [-0.25, -0.2) is 4.98 Å². The number of Topliss-reactive ketones (excluding diaryl/α,β-unsaturated/α-hetero) is 1. The molecule has 2 heterocycles. The molecule has 3 nitrogen and oxygen atoms in total. The van der Waals surface area contributed by atoms with Crippen LogP contribution in [0.15, 0.2) is 34.2 Å². The third kappa shape index (κ3) is 2.66. The minimum Gasteiger partial charge on any atom is -0.440 e. The van der Waals surface area contributed by atoms with E-state index in [0.717, 1.165) is 0 Å². The van der Waals surface area contributed by atoms with Crippen molar-refractivity contribution in [2.75, 3.05) is 0 Å². The summed E-state index contributed by atoms with van der Waals surface area (Å²) in [6, 6.07) is 3.46. The van der Waals surface area contributed by atoms with Crippen molar-refractivity contribution in [3.8, 4) is 0 Å². The number of hydrogen-bond donors (Lipinski definition) is 0. The Hall–Kier alpha value is -0.780. The Balaban J connectivity index is 2.05. The summed E-state index contributed by atoms with van der Waals surface area (Å²) in [5.74, 6) is 0.0418. The molecule has 1 atom stereocenters. The molecule has 0 fully saturated rings. The number of carbonyl (C=O) groups excluding carboxylic acids is 1. The van der Waals surface area contributed by atoms with Gasteiger partial charge in [0.05, 0.1) is 20.7 Å². The van der Waals surface area contributed by atoms with Crippen molar-refractivity contribution in [3.63, 3.8) is 0 Å². The van der Waals surface area contributed by atoms with Gasteiger partial charge in [0.15, 0.2) is 5.78 Å². The van der Waals surface area contributed by atoms with Crippen molar-refractivity contribution in [1.82, 2.24) is 4.98 Å². The van der Waals surface area contributed by atoms with E-state index in [1.807, 2.05) is 6.92 Å². The summed E-state index contributed by atoms with van der Waals surface area (Å²) >= 11 is 8.37. The third-order valence-electron chi connectivity index (χ3n) is 1.87. The summed E-state index contributed by atoms with van der Waals surface area (Å²) in [4.78, 5) is 16.6. The van der Waals surface area contributed by atoms with Crippen molar-refractivity contribution in [2.45, 2.75) is 17.4 Å². The first-order chi connectivity index (χ1) is 7.66. The predicted octanol–water partition coefficient (Wildman–Crippen LogP) is 3.75. The number of hydrogen-bond acceptors (Lipinski definition) is 5. The number of aromatic nitrogens is 1. The Labute approximate surface area is 106 Å². The molecule has 2 aromatic heterocycles. The first kappa shape index (κ1) is 11.7. The molecule has 0 aromatic carbocycles. The summed E-state index contributed by atoms with van der Waals surface area (Å²) in [7, 11) is 0. The maximum absolute atomic E-state index is 11.9. The molecule has 0 amide bonds. The molecule has 16 heavy (non-hydrogen) atoms. The highest BCUT2D eigenvalue weighted by Crippen LogP contribution is 2.28. The van der Waals surface area contributed by atoms with Crippen LogP contribution in [0.2, 0.25) is 4.34 Å². The summed E-state index contributed by atoms with van der Waals surface area (Å²) in [5, 5.41) is 0.275. The lowest BCUT2D eigenvalue weighted by Gasteiger charge is -2.04. The second-order valence-electron chi connectivity index (χ2n) is 3.03. The number of thioether (sulfide) groups is 1. The Morgan fingerprint density at radius 2 is 2.44 bits per heavy atom. The predicted molar refractivity (Wildman–Crippen MR) is 65.5 cm³/mol. The Morgan fingerprint density at radius 1 is 1.62 bits per heavy atom. The van der Waals surface area contributed by atoms with Crippen molar-refractivity contribution >= 4 is 40.5 Å². The van der Waals surface area contributed by atoms with E-state index in [2.05, 4.69) is 4.98 Å². The van der Waals surface area contributed by atoms with E-state index >= 15 is 0 Å². The number of nitrogens with zero attached hydrogens (tertiary/aromatic N) is 1. The number of rotatable bonds is 4. The largest absolute Gasteiger partial charge is 0.440 e. The Morgan fingerprint density at radius 3 is 3.00 bits per heavy atom. The molecule has 84 valence electrons. The fourth-order valence-electron chi connectivity index (χ4n) is 1.12. The lowest BCUT2D eigenvalue weighted by atomic mass is 10.2. The molecule has 1 unspecified atom stereocenters. The Kier molecular flexibility index (Phi) is 3.68. The van der Waals surface area contributed by atoms with Gasteiger partial charge in [0, 0.05) is 0 Å². The quantitative estimate of drug-likeness (QED) is 0.628. The van der Waals surface area contributed by atoms with Crippen LogP contribution >= 0.6 is 34.7 Å². The summed E-state index contributed by atoms with van der Waals surface area (Å²) in [6.45, 7) is 1.82. The number of halogens is 1. The van der Waals surface area contributed by atoms with E-state index in [1.54, 1.807) is 18.3 Å². The van der Waals surface area contributed by atoms with Gasteiger partial charge in [-0.05, 0) is 19.1 Å². The highest BCUT2D eigenvalue weighted by Gasteiger charge is 2.19. The van der Waals surface area contributed by atoms with Crippen molar-refractivity contribution in [2.24, 2.45) is 0 Å². The lowest BCUT2D eigenvalue weighted by molar-refractivity contribution is 0.0997. The van der Waals surface area contributed by atoms with Gasteiger partial charge in [0.1, 0.15) is 6.26 Å². The van der Waals surface area contributed by atoms with Gasteiger partial charge in [-0.3, -0.25) is 4.79 Å². The average Bonchev–Trinajstić information content (AvgIpc) is 2.88. The van der Waals surface area contributed by atoms with Crippen LogP contribution < -0.4 is 0 Å². The normalized spacial score (nSPS) is 12.6. The van der Waals surface area contributed by atoms with Gasteiger partial charge >= 0.3 is 0 Å². The van der Waals surface area contributed by atoms with Gasteiger partial charge in [0.2, 0.25) is 0 Å². The van der Waals surface area contributed by atoms with Crippen molar-refractivity contribution in [3.05, 3.63) is 33.8 Å². The standard InChI is InChI=1S/C10H8ClNO2S2/c1-6(15-10-12-4-5-14-10)9(13)7-2-3-8(11)16-7/h2-6H,1H3. The SMILES string of the molecule is CC(Sc1ncco1)C(=O)c1ccc(Cl)s1. The smallest absolute Gasteiger partial charge is 0.256 e. The minimum atomic E-state index is -0.228. The molecular formula is C10H8ClNO2S2. The zero-order valence-corrected chi connectivity index (χ0v) is 10.7. The zero-order valence-electron chi connectivity index (χ0n) is 8.34. The topological polar surface area (TPSA) is 43.1 Å². The van der Waals surface area contributed by atoms with E-state index in [4.69, 9.17) is 16.0 Å². The van der Waals surface area contributed by atoms with Crippen LogP contribution in [0.3, 0.4) is 0 Å². The summed E-state index contributed by atoms with van der Waals surface area (Å²) < 4.78 is 5.69. The summed E-state index contributed by atoms with van der Waals surface area (Å²) in [6.07, 6.45) is 3.04. The van der Waals surface area contributed by atoms with Crippen LogP contribution in [-0.2, 0) is 0 Å². The van der Waals surface area contributed by atoms with Crippen molar-refractivity contribution < 1.29 is 9.21 Å². The van der Waals surface area contributed by atoms with Gasteiger partial charge in [0.25, 0.3) is 5.22 Å². The van der Waals surface area contributed by atoms with E-state index in [1.165, 1.54) is 29.4 Å². The average molecular weight is 274 g/mol. The van der Waals surface area contributed by atoms with Crippen LogP contribution in [-0.4, -0.2) is 16.0 Å². The molecule has 0 aliphatic heterocycles. The molecule has 0 N–H and O–H groups in total. The monoisotopic (exact) mass is 273 g/mol.